The van der Waals surface area contributed by atoms with Crippen molar-refractivity contribution < 1.29 is 19.4 Å². The second-order valence-electron chi connectivity index (χ2n) is 7.77. The van der Waals surface area contributed by atoms with E-state index in [9.17, 15) is 14.7 Å². The molecule has 27 heavy (non-hydrogen) atoms. The molecule has 0 aliphatic carbocycles. The predicted molar refractivity (Wildman–Crippen MR) is 99.1 cm³/mol. The van der Waals surface area contributed by atoms with Crippen molar-refractivity contribution in [1.82, 2.24) is 14.7 Å². The molecule has 3 heterocycles. The number of hydrogen-bond acceptors (Lipinski definition) is 5. The number of amides is 2. The Bertz CT molecular complexity index is 698. The van der Waals surface area contributed by atoms with E-state index < -0.39 is 0 Å². The van der Waals surface area contributed by atoms with Crippen molar-refractivity contribution in [2.45, 2.75) is 24.4 Å². The third-order valence-corrected chi connectivity index (χ3v) is 6.20. The number of carbonyl (C=O) groups excluding carboxylic acids is 2. The topological polar surface area (TPSA) is 73.3 Å². The van der Waals surface area contributed by atoms with Crippen LogP contribution in [-0.4, -0.2) is 95.7 Å². The maximum atomic E-state index is 12.7. The minimum atomic E-state index is -0.388. The van der Waals surface area contributed by atoms with Gasteiger partial charge in [0.1, 0.15) is 0 Å². The van der Waals surface area contributed by atoms with Crippen LogP contribution in [0.2, 0.25) is 0 Å². The fraction of sp³-hybridized carbons (Fsp3) is 0.600. The first-order valence-electron chi connectivity index (χ1n) is 9.60. The van der Waals surface area contributed by atoms with Crippen molar-refractivity contribution in [3.63, 3.8) is 0 Å². The maximum Gasteiger partial charge on any atom is 0.236 e. The van der Waals surface area contributed by atoms with Crippen molar-refractivity contribution in [1.29, 1.82) is 0 Å². The Hall–Kier alpha value is -1.96. The van der Waals surface area contributed by atoms with Crippen LogP contribution >= 0.6 is 0 Å². The summed E-state index contributed by atoms with van der Waals surface area (Å²) in [7, 11) is 0. The second-order valence-corrected chi connectivity index (χ2v) is 7.77. The van der Waals surface area contributed by atoms with Gasteiger partial charge in [-0.15, -0.1) is 0 Å². The third kappa shape index (κ3) is 3.03. The lowest BCUT2D eigenvalue weighted by atomic mass is 9.60. The molecule has 0 saturated carbocycles. The van der Waals surface area contributed by atoms with Crippen molar-refractivity contribution in [2.24, 2.45) is 0 Å². The van der Waals surface area contributed by atoms with Crippen LogP contribution in [0, 0.1) is 0 Å². The SMILES string of the molecule is CC(=O)N1[C@H](CO)[C@H](c2ccccc2)C12CN(C(=O)CN1CCOCC1)C2. The Morgan fingerprint density at radius 3 is 2.44 bits per heavy atom. The molecular weight excluding hydrogens is 346 g/mol. The number of nitrogens with zero attached hydrogens (tertiary/aromatic N) is 3. The molecule has 0 bridgehead atoms. The van der Waals surface area contributed by atoms with Crippen LogP contribution in [0.25, 0.3) is 0 Å². The fourth-order valence-electron chi connectivity index (χ4n) is 5.02. The van der Waals surface area contributed by atoms with Gasteiger partial charge >= 0.3 is 0 Å². The lowest BCUT2D eigenvalue weighted by Crippen LogP contribution is -2.86. The van der Waals surface area contributed by atoms with Gasteiger partial charge in [-0.3, -0.25) is 14.5 Å². The number of aliphatic hydroxyl groups excluding tert-OH is 1. The highest BCUT2D eigenvalue weighted by molar-refractivity contribution is 5.82. The molecule has 7 nitrogen and oxygen atoms in total. The first-order chi connectivity index (χ1) is 13.1. The normalized spacial score (nSPS) is 27.2. The van der Waals surface area contributed by atoms with E-state index in [0.29, 0.717) is 32.8 Å². The average Bonchev–Trinajstić information content (AvgIpc) is 2.61. The number of morpholine rings is 1. The van der Waals surface area contributed by atoms with E-state index in [-0.39, 0.29) is 35.9 Å². The van der Waals surface area contributed by atoms with Crippen LogP contribution in [0.5, 0.6) is 0 Å². The summed E-state index contributed by atoms with van der Waals surface area (Å²) in [5, 5.41) is 9.89. The van der Waals surface area contributed by atoms with Crippen LogP contribution in [0.4, 0.5) is 0 Å². The summed E-state index contributed by atoms with van der Waals surface area (Å²) in [5.41, 5.74) is 0.732. The van der Waals surface area contributed by atoms with E-state index in [1.54, 1.807) is 11.8 Å². The molecule has 0 aromatic heterocycles. The van der Waals surface area contributed by atoms with Crippen molar-refractivity contribution in [3.8, 4) is 0 Å². The fourth-order valence-corrected chi connectivity index (χ4v) is 5.02. The smallest absolute Gasteiger partial charge is 0.236 e. The Morgan fingerprint density at radius 2 is 1.85 bits per heavy atom. The van der Waals surface area contributed by atoms with Gasteiger partial charge in [0.2, 0.25) is 11.8 Å². The van der Waals surface area contributed by atoms with Crippen LogP contribution in [0.1, 0.15) is 18.4 Å². The van der Waals surface area contributed by atoms with E-state index >= 15 is 0 Å². The first kappa shape index (κ1) is 18.4. The predicted octanol–water partition coefficient (Wildman–Crippen LogP) is -0.0936. The quantitative estimate of drug-likeness (QED) is 0.798. The van der Waals surface area contributed by atoms with Crippen molar-refractivity contribution in [3.05, 3.63) is 35.9 Å². The number of rotatable bonds is 4. The summed E-state index contributed by atoms with van der Waals surface area (Å²) in [6.07, 6.45) is 0. The second kappa shape index (κ2) is 7.22. The van der Waals surface area contributed by atoms with Gasteiger partial charge in [0.05, 0.1) is 37.9 Å². The molecule has 0 unspecified atom stereocenters. The number of hydrogen-bond donors (Lipinski definition) is 1. The van der Waals surface area contributed by atoms with E-state index in [4.69, 9.17) is 4.74 Å². The van der Waals surface area contributed by atoms with Crippen molar-refractivity contribution in [2.75, 3.05) is 52.5 Å². The highest BCUT2D eigenvalue weighted by Gasteiger charge is 2.67. The van der Waals surface area contributed by atoms with Crippen LogP contribution in [0.3, 0.4) is 0 Å². The molecule has 7 heteroatoms. The van der Waals surface area contributed by atoms with Gasteiger partial charge < -0.3 is 19.6 Å². The zero-order valence-electron chi connectivity index (χ0n) is 15.7. The molecule has 1 N–H and O–H groups in total. The van der Waals surface area contributed by atoms with Gasteiger partial charge in [-0.05, 0) is 5.56 Å². The Morgan fingerprint density at radius 1 is 1.19 bits per heavy atom. The molecule has 2 amide bonds. The van der Waals surface area contributed by atoms with E-state index in [2.05, 4.69) is 4.90 Å². The zero-order chi connectivity index (χ0) is 19.0. The molecule has 1 spiro atoms. The molecule has 3 aliphatic heterocycles. The summed E-state index contributed by atoms with van der Waals surface area (Å²) < 4.78 is 5.33. The molecule has 1 aromatic carbocycles. The minimum absolute atomic E-state index is 0.0403. The van der Waals surface area contributed by atoms with E-state index in [1.807, 2.05) is 35.2 Å². The van der Waals surface area contributed by atoms with Gasteiger partial charge in [0.15, 0.2) is 0 Å². The van der Waals surface area contributed by atoms with Crippen LogP contribution in [-0.2, 0) is 14.3 Å². The van der Waals surface area contributed by atoms with Gasteiger partial charge in [0.25, 0.3) is 0 Å². The van der Waals surface area contributed by atoms with Crippen LogP contribution < -0.4 is 0 Å². The summed E-state index contributed by atoms with van der Waals surface area (Å²) in [4.78, 5) is 30.7. The third-order valence-electron chi connectivity index (χ3n) is 6.20. The molecule has 3 fully saturated rings. The molecule has 3 aliphatic rings. The lowest BCUT2D eigenvalue weighted by molar-refractivity contribution is -0.202. The number of likely N-dealkylation sites (tertiary alicyclic amines) is 2. The van der Waals surface area contributed by atoms with Gasteiger partial charge in [0, 0.05) is 39.0 Å². The molecule has 0 radical (unpaired) electrons. The van der Waals surface area contributed by atoms with Crippen LogP contribution in [0.15, 0.2) is 30.3 Å². The average molecular weight is 373 g/mol. The number of carbonyl (C=O) groups is 2. The number of aliphatic hydroxyl groups is 1. The summed E-state index contributed by atoms with van der Waals surface area (Å²) >= 11 is 0. The zero-order valence-corrected chi connectivity index (χ0v) is 15.7. The highest BCUT2D eigenvalue weighted by atomic mass is 16.5. The van der Waals surface area contributed by atoms with Crippen molar-refractivity contribution >= 4 is 11.8 Å². The molecule has 146 valence electrons. The standard InChI is InChI=1S/C20H27N3O4/c1-15(25)23-17(12-24)19(16-5-3-2-4-6-16)20(23)13-22(14-20)18(26)11-21-7-9-27-10-8-21/h2-6,17,19,24H,7-14H2,1H3/t17-,19+/m1/s1. The molecular formula is C20H27N3O4. The number of benzene rings is 1. The van der Waals surface area contributed by atoms with Gasteiger partial charge in [-0.1, -0.05) is 30.3 Å². The lowest BCUT2D eigenvalue weighted by Gasteiger charge is -2.70. The molecule has 2 atom stereocenters. The largest absolute Gasteiger partial charge is 0.394 e. The monoisotopic (exact) mass is 373 g/mol. The maximum absolute atomic E-state index is 12.7. The molecule has 1 aromatic rings. The summed E-state index contributed by atoms with van der Waals surface area (Å²) in [6, 6.07) is 9.79. The Balaban J connectivity index is 1.48. The molecule has 4 rings (SSSR count). The van der Waals surface area contributed by atoms with Gasteiger partial charge in [-0.25, -0.2) is 0 Å². The first-order valence-corrected chi connectivity index (χ1v) is 9.60. The Labute approximate surface area is 159 Å². The van der Waals surface area contributed by atoms with E-state index in [1.165, 1.54) is 0 Å². The number of ether oxygens (including phenoxy) is 1. The van der Waals surface area contributed by atoms with E-state index in [0.717, 1.165) is 18.7 Å². The minimum Gasteiger partial charge on any atom is -0.394 e. The molecule has 3 saturated heterocycles. The highest BCUT2D eigenvalue weighted by Crippen LogP contribution is 2.53. The summed E-state index contributed by atoms with van der Waals surface area (Å²) in [5.74, 6) is 0.117. The Kier molecular flexibility index (Phi) is 4.92. The van der Waals surface area contributed by atoms with Gasteiger partial charge in [-0.2, -0.15) is 0 Å². The summed E-state index contributed by atoms with van der Waals surface area (Å²) in [6.45, 7) is 5.85.